The molecule has 124 valence electrons. The van der Waals surface area contributed by atoms with Gasteiger partial charge in [-0.15, -0.1) is 0 Å². The van der Waals surface area contributed by atoms with Crippen LogP contribution in [-0.2, 0) is 9.47 Å². The minimum atomic E-state index is 0.382. The van der Waals surface area contributed by atoms with Crippen LogP contribution in [-0.4, -0.2) is 74.0 Å². The van der Waals surface area contributed by atoms with E-state index in [1.807, 2.05) is 13.8 Å². The second kappa shape index (κ2) is 8.47. The maximum absolute atomic E-state index is 5.79. The highest BCUT2D eigenvalue weighted by molar-refractivity contribution is 5.05. The molecule has 2 atom stereocenters. The molecule has 0 aromatic heterocycles. The first-order valence-corrected chi connectivity index (χ1v) is 8.99. The van der Waals surface area contributed by atoms with Gasteiger partial charge in [-0.05, 0) is 39.2 Å². The largest absolute Gasteiger partial charge is 0.380 e. The maximum atomic E-state index is 5.79. The van der Waals surface area contributed by atoms with E-state index in [1.54, 1.807) is 0 Å². The third-order valence-corrected chi connectivity index (χ3v) is 5.18. The maximum Gasteiger partial charge on any atom is 0.0650 e. The fourth-order valence-electron chi connectivity index (χ4n) is 4.18. The van der Waals surface area contributed by atoms with E-state index < -0.39 is 0 Å². The van der Waals surface area contributed by atoms with E-state index in [0.717, 1.165) is 45.6 Å². The Kier molecular flexibility index (Phi) is 6.93. The normalized spacial score (nSPS) is 33.6. The topological polar surface area (TPSA) is 24.9 Å². The third-order valence-electron chi connectivity index (χ3n) is 5.18. The lowest BCUT2D eigenvalue weighted by Crippen LogP contribution is -2.50. The standard InChI is InChI=1S/C15H28N2O2.C2H6/c1-2-18-13-15-5-3-7-17(15)14(4-6-15)12-16-8-10-19-11-9-16;1-2/h14H,2-13H2,1H3;1-2H3. The average Bonchev–Trinajstić information content (AvgIpc) is 3.09. The molecule has 0 aliphatic carbocycles. The van der Waals surface area contributed by atoms with E-state index in [2.05, 4.69) is 16.7 Å². The molecule has 3 saturated heterocycles. The number of nitrogens with zero attached hydrogens (tertiary/aromatic N) is 2. The van der Waals surface area contributed by atoms with E-state index in [0.29, 0.717) is 5.54 Å². The van der Waals surface area contributed by atoms with Crippen LogP contribution in [0.15, 0.2) is 0 Å². The van der Waals surface area contributed by atoms with Crippen LogP contribution in [0.1, 0.15) is 46.5 Å². The van der Waals surface area contributed by atoms with Crippen molar-refractivity contribution < 1.29 is 9.47 Å². The Morgan fingerprint density at radius 1 is 1.14 bits per heavy atom. The van der Waals surface area contributed by atoms with Gasteiger partial charge in [-0.25, -0.2) is 0 Å². The molecule has 0 spiro atoms. The molecule has 2 unspecified atom stereocenters. The van der Waals surface area contributed by atoms with Gasteiger partial charge in [0, 0.05) is 37.8 Å². The molecule has 3 heterocycles. The number of fused-ring (bicyclic) bond motifs is 1. The summed E-state index contributed by atoms with van der Waals surface area (Å²) >= 11 is 0. The monoisotopic (exact) mass is 298 g/mol. The van der Waals surface area contributed by atoms with Crippen molar-refractivity contribution in [2.75, 3.05) is 52.6 Å². The summed E-state index contributed by atoms with van der Waals surface area (Å²) in [4.78, 5) is 5.36. The average molecular weight is 298 g/mol. The summed E-state index contributed by atoms with van der Waals surface area (Å²) in [6.07, 6.45) is 5.38. The van der Waals surface area contributed by atoms with Gasteiger partial charge in [0.05, 0.1) is 19.8 Å². The molecule has 3 aliphatic heterocycles. The summed E-state index contributed by atoms with van der Waals surface area (Å²) in [6.45, 7) is 14.5. The molecule has 0 aromatic rings. The summed E-state index contributed by atoms with van der Waals surface area (Å²) in [5.74, 6) is 0. The highest BCUT2D eigenvalue weighted by Crippen LogP contribution is 2.42. The van der Waals surface area contributed by atoms with Crippen LogP contribution in [0, 0.1) is 0 Å². The van der Waals surface area contributed by atoms with Gasteiger partial charge in [0.15, 0.2) is 0 Å². The molecule has 4 heteroatoms. The zero-order valence-electron chi connectivity index (χ0n) is 14.3. The van der Waals surface area contributed by atoms with Crippen molar-refractivity contribution in [3.63, 3.8) is 0 Å². The molecule has 3 rings (SSSR count). The lowest BCUT2D eigenvalue weighted by molar-refractivity contribution is 0.00494. The van der Waals surface area contributed by atoms with Gasteiger partial charge in [-0.1, -0.05) is 13.8 Å². The fourth-order valence-corrected chi connectivity index (χ4v) is 4.18. The molecule has 3 aliphatic rings. The van der Waals surface area contributed by atoms with Crippen molar-refractivity contribution in [2.45, 2.75) is 58.0 Å². The summed E-state index contributed by atoms with van der Waals surface area (Å²) < 4.78 is 11.2. The van der Waals surface area contributed by atoms with Gasteiger partial charge < -0.3 is 9.47 Å². The number of ether oxygens (including phenoxy) is 2. The first kappa shape index (κ1) is 17.2. The molecule has 4 nitrogen and oxygen atoms in total. The first-order chi connectivity index (χ1) is 10.3. The van der Waals surface area contributed by atoms with E-state index in [9.17, 15) is 0 Å². The molecular weight excluding hydrogens is 264 g/mol. The van der Waals surface area contributed by atoms with Gasteiger partial charge in [-0.3, -0.25) is 9.80 Å². The van der Waals surface area contributed by atoms with Crippen LogP contribution in [0.5, 0.6) is 0 Å². The Morgan fingerprint density at radius 3 is 2.62 bits per heavy atom. The molecule has 0 amide bonds. The van der Waals surface area contributed by atoms with Gasteiger partial charge in [0.2, 0.25) is 0 Å². The molecule has 0 saturated carbocycles. The van der Waals surface area contributed by atoms with Gasteiger partial charge in [0.1, 0.15) is 0 Å². The van der Waals surface area contributed by atoms with E-state index >= 15 is 0 Å². The highest BCUT2D eigenvalue weighted by Gasteiger charge is 2.49. The summed E-state index contributed by atoms with van der Waals surface area (Å²) in [7, 11) is 0. The molecule has 3 fully saturated rings. The van der Waals surface area contributed by atoms with Gasteiger partial charge in [0.25, 0.3) is 0 Å². The summed E-state index contributed by atoms with van der Waals surface area (Å²) in [6, 6.07) is 0.751. The number of hydrogen-bond donors (Lipinski definition) is 0. The number of hydrogen-bond acceptors (Lipinski definition) is 4. The van der Waals surface area contributed by atoms with Gasteiger partial charge >= 0.3 is 0 Å². The number of rotatable bonds is 5. The molecule has 21 heavy (non-hydrogen) atoms. The predicted octanol–water partition coefficient (Wildman–Crippen LogP) is 2.38. The van der Waals surface area contributed by atoms with Crippen LogP contribution in [0.2, 0.25) is 0 Å². The number of morpholine rings is 1. The summed E-state index contributed by atoms with van der Waals surface area (Å²) in [5.41, 5.74) is 0.382. The Morgan fingerprint density at radius 2 is 1.90 bits per heavy atom. The summed E-state index contributed by atoms with van der Waals surface area (Å²) in [5, 5.41) is 0. The molecule has 0 bridgehead atoms. The second-order valence-corrected chi connectivity index (χ2v) is 6.26. The van der Waals surface area contributed by atoms with E-state index in [1.165, 1.54) is 38.8 Å². The zero-order chi connectivity index (χ0) is 15.1. The van der Waals surface area contributed by atoms with Crippen molar-refractivity contribution >= 4 is 0 Å². The van der Waals surface area contributed by atoms with E-state index in [4.69, 9.17) is 9.47 Å². The second-order valence-electron chi connectivity index (χ2n) is 6.26. The van der Waals surface area contributed by atoms with Gasteiger partial charge in [-0.2, -0.15) is 0 Å². The molecular formula is C17H34N2O2. The van der Waals surface area contributed by atoms with Crippen LogP contribution in [0.3, 0.4) is 0 Å². The zero-order valence-corrected chi connectivity index (χ0v) is 14.3. The van der Waals surface area contributed by atoms with Crippen LogP contribution in [0.25, 0.3) is 0 Å². The Labute approximate surface area is 130 Å². The molecule has 0 N–H and O–H groups in total. The Balaban J connectivity index is 0.000000774. The van der Waals surface area contributed by atoms with Crippen LogP contribution in [0.4, 0.5) is 0 Å². The van der Waals surface area contributed by atoms with E-state index in [-0.39, 0.29) is 0 Å². The van der Waals surface area contributed by atoms with Crippen molar-refractivity contribution in [3.8, 4) is 0 Å². The third kappa shape index (κ3) is 3.98. The smallest absolute Gasteiger partial charge is 0.0650 e. The minimum absolute atomic E-state index is 0.382. The van der Waals surface area contributed by atoms with Crippen molar-refractivity contribution in [2.24, 2.45) is 0 Å². The quantitative estimate of drug-likeness (QED) is 0.778. The highest BCUT2D eigenvalue weighted by atomic mass is 16.5. The lowest BCUT2D eigenvalue weighted by atomic mass is 9.95. The predicted molar refractivity (Wildman–Crippen MR) is 86.8 cm³/mol. The first-order valence-electron chi connectivity index (χ1n) is 8.99. The van der Waals surface area contributed by atoms with Crippen LogP contribution >= 0.6 is 0 Å². The van der Waals surface area contributed by atoms with Crippen LogP contribution < -0.4 is 0 Å². The van der Waals surface area contributed by atoms with Crippen molar-refractivity contribution in [1.82, 2.24) is 9.80 Å². The molecule has 0 aromatic carbocycles. The van der Waals surface area contributed by atoms with Crippen molar-refractivity contribution in [1.29, 1.82) is 0 Å². The lowest BCUT2D eigenvalue weighted by Gasteiger charge is -2.37. The Hall–Kier alpha value is -0.160. The van der Waals surface area contributed by atoms with Crippen molar-refractivity contribution in [3.05, 3.63) is 0 Å². The fraction of sp³-hybridized carbons (Fsp3) is 1.00. The SMILES string of the molecule is CC.CCOCC12CCCN1C(CN1CCOCC1)CC2. The minimum Gasteiger partial charge on any atom is -0.380 e. The molecule has 0 radical (unpaired) electrons. The Bertz CT molecular complexity index is 295.